The van der Waals surface area contributed by atoms with Gasteiger partial charge in [0, 0.05) is 58.0 Å². The number of unbranched alkanes of at least 4 members (excludes halogenated alkanes) is 4. The molecule has 0 amide bonds. The Balaban J connectivity index is 0.00000324. The third-order valence-corrected chi connectivity index (χ3v) is 5.91. The van der Waals surface area contributed by atoms with Crippen LogP contribution in [0, 0.1) is 13.8 Å². The lowest BCUT2D eigenvalue weighted by Crippen LogP contribution is -2.04. The number of nitrogens with one attached hydrogen (secondary N) is 2. The average molecular weight is 479 g/mol. The fourth-order valence-corrected chi connectivity index (χ4v) is 4.27. The number of rotatable bonds is 10. The molecule has 0 saturated carbocycles. The number of hydrogen-bond donors (Lipinski definition) is 4. The van der Waals surface area contributed by atoms with Gasteiger partial charge in [0.15, 0.2) is 0 Å². The molecule has 180 valence electrons. The highest BCUT2D eigenvalue weighted by atomic mass is 35.5. The molecule has 2 aromatic carbocycles. The van der Waals surface area contributed by atoms with Gasteiger partial charge in [-0.25, -0.2) is 0 Å². The quantitative estimate of drug-likeness (QED) is 0.154. The predicted molar refractivity (Wildman–Crippen MR) is 149 cm³/mol. The van der Waals surface area contributed by atoms with Crippen LogP contribution in [-0.2, 0) is 0 Å². The summed E-state index contributed by atoms with van der Waals surface area (Å²) < 4.78 is 0. The second-order valence-electron chi connectivity index (χ2n) is 8.80. The molecule has 0 atom stereocenters. The van der Waals surface area contributed by atoms with Gasteiger partial charge in [0.05, 0.1) is 11.0 Å². The van der Waals surface area contributed by atoms with Crippen LogP contribution < -0.4 is 22.1 Å². The molecule has 2 aromatic heterocycles. The molecule has 7 heteroatoms. The molecule has 0 fully saturated rings. The highest BCUT2D eigenvalue weighted by Gasteiger charge is 2.05. The van der Waals surface area contributed by atoms with Gasteiger partial charge in [-0.1, -0.05) is 19.3 Å². The number of hydrogen-bond acceptors (Lipinski definition) is 6. The first-order valence-corrected chi connectivity index (χ1v) is 11.8. The second-order valence-corrected chi connectivity index (χ2v) is 8.80. The van der Waals surface area contributed by atoms with E-state index in [0.717, 1.165) is 81.9 Å². The zero-order chi connectivity index (χ0) is 23.2. The van der Waals surface area contributed by atoms with Crippen LogP contribution >= 0.6 is 12.4 Å². The van der Waals surface area contributed by atoms with E-state index < -0.39 is 0 Å². The van der Waals surface area contributed by atoms with E-state index in [1.807, 2.05) is 38.1 Å². The predicted octanol–water partition coefficient (Wildman–Crippen LogP) is 6.46. The first-order chi connectivity index (χ1) is 16.0. The van der Waals surface area contributed by atoms with E-state index in [-0.39, 0.29) is 12.4 Å². The van der Waals surface area contributed by atoms with Gasteiger partial charge in [0.25, 0.3) is 0 Å². The summed E-state index contributed by atoms with van der Waals surface area (Å²) in [4.78, 5) is 9.19. The van der Waals surface area contributed by atoms with Crippen LogP contribution in [0.2, 0.25) is 0 Å². The summed E-state index contributed by atoms with van der Waals surface area (Å²) in [6, 6.07) is 16.1. The molecule has 0 aliphatic rings. The molecule has 0 spiro atoms. The van der Waals surface area contributed by atoms with Crippen molar-refractivity contribution < 1.29 is 0 Å². The van der Waals surface area contributed by atoms with Crippen molar-refractivity contribution in [2.24, 2.45) is 0 Å². The van der Waals surface area contributed by atoms with Crippen molar-refractivity contribution in [2.75, 3.05) is 35.2 Å². The molecule has 0 bridgehead atoms. The van der Waals surface area contributed by atoms with Crippen LogP contribution in [0.15, 0.2) is 48.5 Å². The van der Waals surface area contributed by atoms with Gasteiger partial charge in [0.1, 0.15) is 0 Å². The molecule has 0 aliphatic carbocycles. The highest BCUT2D eigenvalue weighted by Crippen LogP contribution is 2.26. The van der Waals surface area contributed by atoms with Crippen LogP contribution in [0.25, 0.3) is 21.8 Å². The number of nitrogens with zero attached hydrogens (tertiary/aromatic N) is 2. The minimum atomic E-state index is 0. The molecule has 6 N–H and O–H groups in total. The summed E-state index contributed by atoms with van der Waals surface area (Å²) in [5, 5.41) is 9.43. The Kier molecular flexibility index (Phi) is 8.77. The first kappa shape index (κ1) is 25.4. The van der Waals surface area contributed by atoms with Gasteiger partial charge in [-0.3, -0.25) is 9.97 Å². The van der Waals surface area contributed by atoms with E-state index in [9.17, 15) is 0 Å². The topological polar surface area (TPSA) is 102 Å². The Hall–Kier alpha value is -3.25. The Morgan fingerprint density at radius 1 is 0.618 bits per heavy atom. The van der Waals surface area contributed by atoms with Crippen molar-refractivity contribution >= 4 is 57.0 Å². The smallest absolute Gasteiger partial charge is 0.0746 e. The monoisotopic (exact) mass is 478 g/mol. The Morgan fingerprint density at radius 2 is 1.03 bits per heavy atom. The summed E-state index contributed by atoms with van der Waals surface area (Å²) in [7, 11) is 0. The fourth-order valence-electron chi connectivity index (χ4n) is 4.27. The largest absolute Gasteiger partial charge is 0.399 e. The Morgan fingerprint density at radius 3 is 1.47 bits per heavy atom. The van der Waals surface area contributed by atoms with Crippen molar-refractivity contribution in [1.29, 1.82) is 0 Å². The Bertz CT molecular complexity index is 1150. The SMILES string of the molecule is Cc1cc(NCCCCCCCNc2cc(C)nc3cc(N)ccc23)c2ccc(N)cc2n1.Cl. The maximum absolute atomic E-state index is 5.91. The van der Waals surface area contributed by atoms with Gasteiger partial charge in [-0.2, -0.15) is 0 Å². The van der Waals surface area contributed by atoms with Gasteiger partial charge in [-0.05, 0) is 75.2 Å². The number of anilines is 4. The van der Waals surface area contributed by atoms with E-state index >= 15 is 0 Å². The van der Waals surface area contributed by atoms with Crippen LogP contribution in [-0.4, -0.2) is 23.1 Å². The molecule has 4 aromatic rings. The molecule has 0 unspecified atom stereocenters. The number of pyridine rings is 2. The van der Waals surface area contributed by atoms with Crippen LogP contribution in [0.1, 0.15) is 43.5 Å². The minimum Gasteiger partial charge on any atom is -0.399 e. The van der Waals surface area contributed by atoms with Gasteiger partial charge in [-0.15, -0.1) is 12.4 Å². The molecular weight excluding hydrogens is 444 g/mol. The number of nitrogens with two attached hydrogens (primary N) is 2. The summed E-state index contributed by atoms with van der Waals surface area (Å²) in [5.74, 6) is 0. The van der Waals surface area contributed by atoms with Gasteiger partial charge < -0.3 is 22.1 Å². The lowest BCUT2D eigenvalue weighted by molar-refractivity contribution is 0.635. The average Bonchev–Trinajstić information content (AvgIpc) is 2.76. The lowest BCUT2D eigenvalue weighted by Gasteiger charge is -2.12. The number of fused-ring (bicyclic) bond motifs is 2. The summed E-state index contributed by atoms with van der Waals surface area (Å²) in [5.41, 5.74) is 19.5. The summed E-state index contributed by atoms with van der Waals surface area (Å²) >= 11 is 0. The minimum absolute atomic E-state index is 0. The van der Waals surface area contributed by atoms with E-state index in [2.05, 4.69) is 44.9 Å². The van der Waals surface area contributed by atoms with Crippen LogP contribution in [0.4, 0.5) is 22.7 Å². The van der Waals surface area contributed by atoms with Crippen LogP contribution in [0.5, 0.6) is 0 Å². The molecular formula is C27H35ClN6. The molecule has 0 saturated heterocycles. The standard InChI is InChI=1S/C27H34N6.ClH/c1-18-14-24(22-10-8-20(28)16-26(22)32-18)30-12-6-4-3-5-7-13-31-25-15-19(2)33-27-17-21(29)9-11-23(25)27;/h8-11,14-17H,3-7,12-13,28-29H2,1-2H3,(H,30,32)(H,31,33);1H. The lowest BCUT2D eigenvalue weighted by atomic mass is 10.1. The number of nitrogen functional groups attached to an aromatic ring is 2. The van der Waals surface area contributed by atoms with Gasteiger partial charge in [0.2, 0.25) is 0 Å². The zero-order valence-electron chi connectivity index (χ0n) is 20.0. The number of benzene rings is 2. The number of aromatic nitrogens is 2. The van der Waals surface area contributed by atoms with Crippen molar-refractivity contribution in [1.82, 2.24) is 9.97 Å². The Labute approximate surface area is 208 Å². The molecule has 6 nitrogen and oxygen atoms in total. The number of halogens is 1. The third-order valence-electron chi connectivity index (χ3n) is 5.91. The van der Waals surface area contributed by atoms with E-state index in [1.165, 1.54) is 19.3 Å². The fraction of sp³-hybridized carbons (Fsp3) is 0.333. The normalized spacial score (nSPS) is 10.9. The van der Waals surface area contributed by atoms with Crippen molar-refractivity contribution in [3.05, 3.63) is 59.9 Å². The highest BCUT2D eigenvalue weighted by molar-refractivity contribution is 5.94. The molecule has 2 heterocycles. The van der Waals surface area contributed by atoms with E-state index in [1.54, 1.807) is 0 Å². The zero-order valence-corrected chi connectivity index (χ0v) is 20.8. The molecule has 0 aliphatic heterocycles. The van der Waals surface area contributed by atoms with Crippen molar-refractivity contribution in [3.8, 4) is 0 Å². The second kappa shape index (κ2) is 11.7. The van der Waals surface area contributed by atoms with Gasteiger partial charge >= 0.3 is 0 Å². The van der Waals surface area contributed by atoms with Crippen molar-refractivity contribution in [3.63, 3.8) is 0 Å². The summed E-state index contributed by atoms with van der Waals surface area (Å²) in [6.45, 7) is 5.97. The summed E-state index contributed by atoms with van der Waals surface area (Å²) in [6.07, 6.45) is 5.99. The maximum Gasteiger partial charge on any atom is 0.0746 e. The molecule has 0 radical (unpaired) electrons. The maximum atomic E-state index is 5.91. The van der Waals surface area contributed by atoms with E-state index in [4.69, 9.17) is 11.5 Å². The van der Waals surface area contributed by atoms with E-state index in [0.29, 0.717) is 0 Å². The third kappa shape index (κ3) is 6.41. The van der Waals surface area contributed by atoms with Crippen LogP contribution in [0.3, 0.4) is 0 Å². The molecule has 4 rings (SSSR count). The number of aryl methyl sites for hydroxylation is 2. The van der Waals surface area contributed by atoms with Crippen molar-refractivity contribution in [2.45, 2.75) is 46.0 Å². The molecule has 34 heavy (non-hydrogen) atoms. The first-order valence-electron chi connectivity index (χ1n) is 11.8.